The summed E-state index contributed by atoms with van der Waals surface area (Å²) in [6, 6.07) is 10.9. The van der Waals surface area contributed by atoms with Crippen LogP contribution in [-0.4, -0.2) is 19.7 Å². The number of fused-ring (bicyclic) bond motifs is 1. The Bertz CT molecular complexity index is 899. The summed E-state index contributed by atoms with van der Waals surface area (Å²) in [5.41, 5.74) is 5.96. The lowest BCUT2D eigenvalue weighted by atomic mass is 9.88. The normalized spacial score (nSPS) is 16.3. The van der Waals surface area contributed by atoms with Crippen LogP contribution in [0.4, 0.5) is 5.95 Å². The largest absolute Gasteiger partial charge is 0.347 e. The van der Waals surface area contributed by atoms with Gasteiger partial charge in [0.15, 0.2) is 0 Å². The van der Waals surface area contributed by atoms with Crippen molar-refractivity contribution < 1.29 is 0 Å². The third kappa shape index (κ3) is 3.21. The second kappa shape index (κ2) is 7.28. The van der Waals surface area contributed by atoms with E-state index in [0.717, 1.165) is 42.8 Å². The van der Waals surface area contributed by atoms with Crippen LogP contribution in [0.5, 0.6) is 0 Å². The average molecular weight is 347 g/mol. The number of aromatic nitrogens is 4. The molecule has 2 heterocycles. The summed E-state index contributed by atoms with van der Waals surface area (Å²) in [6.07, 6.45) is 8.27. The van der Waals surface area contributed by atoms with Gasteiger partial charge in [-0.15, -0.1) is 0 Å². The molecule has 134 valence electrons. The number of hydrogen-bond donors (Lipinski definition) is 1. The Morgan fingerprint density at radius 1 is 1.23 bits per heavy atom. The van der Waals surface area contributed by atoms with E-state index in [9.17, 15) is 0 Å². The Labute approximate surface area is 154 Å². The third-order valence-electron chi connectivity index (χ3n) is 5.14. The minimum Gasteiger partial charge on any atom is -0.347 e. The van der Waals surface area contributed by atoms with E-state index in [-0.39, 0.29) is 6.04 Å². The highest BCUT2D eigenvalue weighted by atomic mass is 15.3. The number of nitrogens with zero attached hydrogens (tertiary/aromatic N) is 4. The summed E-state index contributed by atoms with van der Waals surface area (Å²) in [5.74, 6) is 0.687. The first-order valence-electron chi connectivity index (χ1n) is 9.46. The topological polar surface area (TPSA) is 55.6 Å². The fourth-order valence-electron chi connectivity index (χ4n) is 3.77. The van der Waals surface area contributed by atoms with E-state index >= 15 is 0 Å². The lowest BCUT2D eigenvalue weighted by Gasteiger charge is -2.26. The molecule has 0 saturated heterocycles. The standard InChI is InChI=1S/C21H25N5/c1-3-13-26-15(2)18(14-23-26)20-11-12-22-21(25-20)24-19-10-6-8-16-7-4-5-9-17(16)19/h4-5,7,9,11-12,14,19H,3,6,8,10,13H2,1-2H3,(H,22,24,25). The van der Waals surface area contributed by atoms with E-state index < -0.39 is 0 Å². The Hall–Kier alpha value is -2.69. The van der Waals surface area contributed by atoms with Crippen LogP contribution in [0, 0.1) is 6.92 Å². The molecule has 5 nitrogen and oxygen atoms in total. The molecule has 1 aliphatic rings. The number of anilines is 1. The maximum atomic E-state index is 4.77. The predicted molar refractivity (Wildman–Crippen MR) is 104 cm³/mol. The van der Waals surface area contributed by atoms with Gasteiger partial charge in [0.05, 0.1) is 17.9 Å². The Kier molecular flexibility index (Phi) is 4.69. The van der Waals surface area contributed by atoms with Gasteiger partial charge >= 0.3 is 0 Å². The van der Waals surface area contributed by atoms with Crippen molar-refractivity contribution in [3.05, 3.63) is 59.5 Å². The van der Waals surface area contributed by atoms with Crippen molar-refractivity contribution in [3.63, 3.8) is 0 Å². The molecule has 0 amide bonds. The Balaban J connectivity index is 1.59. The molecule has 26 heavy (non-hydrogen) atoms. The van der Waals surface area contributed by atoms with Crippen molar-refractivity contribution in [3.8, 4) is 11.3 Å². The molecule has 1 aliphatic carbocycles. The second-order valence-corrected chi connectivity index (χ2v) is 6.92. The number of rotatable bonds is 5. The summed E-state index contributed by atoms with van der Waals surface area (Å²) < 4.78 is 2.04. The molecule has 0 spiro atoms. The lowest BCUT2D eigenvalue weighted by Crippen LogP contribution is -2.18. The van der Waals surface area contributed by atoms with Crippen LogP contribution in [0.1, 0.15) is 49.0 Å². The van der Waals surface area contributed by atoms with Crippen molar-refractivity contribution in [1.82, 2.24) is 19.7 Å². The molecule has 0 bridgehead atoms. The first-order chi connectivity index (χ1) is 12.8. The lowest BCUT2D eigenvalue weighted by molar-refractivity contribution is 0.587. The van der Waals surface area contributed by atoms with Gasteiger partial charge in [0.1, 0.15) is 0 Å². The predicted octanol–water partition coefficient (Wildman–Crippen LogP) is 4.55. The third-order valence-corrected chi connectivity index (χ3v) is 5.14. The van der Waals surface area contributed by atoms with Crippen LogP contribution >= 0.6 is 0 Å². The molecule has 1 unspecified atom stereocenters. The zero-order valence-corrected chi connectivity index (χ0v) is 15.4. The molecule has 1 atom stereocenters. The molecule has 0 fully saturated rings. The van der Waals surface area contributed by atoms with Crippen molar-refractivity contribution >= 4 is 5.95 Å². The number of aryl methyl sites for hydroxylation is 2. The quantitative estimate of drug-likeness (QED) is 0.736. The summed E-state index contributed by atoms with van der Waals surface area (Å²) in [7, 11) is 0. The van der Waals surface area contributed by atoms with Gasteiger partial charge in [0, 0.05) is 24.0 Å². The van der Waals surface area contributed by atoms with Crippen molar-refractivity contribution in [2.24, 2.45) is 0 Å². The molecule has 3 aromatic rings. The second-order valence-electron chi connectivity index (χ2n) is 6.92. The molecule has 0 saturated carbocycles. The highest BCUT2D eigenvalue weighted by Crippen LogP contribution is 2.32. The molecule has 1 aromatic carbocycles. The van der Waals surface area contributed by atoms with Gasteiger partial charge < -0.3 is 5.32 Å². The van der Waals surface area contributed by atoms with Gasteiger partial charge in [-0.2, -0.15) is 5.10 Å². The van der Waals surface area contributed by atoms with Gasteiger partial charge in [-0.05, 0) is 49.8 Å². The number of nitrogens with one attached hydrogen (secondary N) is 1. The number of hydrogen-bond acceptors (Lipinski definition) is 4. The molecule has 1 N–H and O–H groups in total. The fourth-order valence-corrected chi connectivity index (χ4v) is 3.77. The fraction of sp³-hybridized carbons (Fsp3) is 0.381. The smallest absolute Gasteiger partial charge is 0.223 e. The van der Waals surface area contributed by atoms with Crippen LogP contribution in [0.15, 0.2) is 42.7 Å². The highest BCUT2D eigenvalue weighted by molar-refractivity contribution is 5.62. The molecule has 5 heteroatoms. The SMILES string of the molecule is CCCn1ncc(-c2ccnc(NC3CCCc4ccccc43)n2)c1C. The van der Waals surface area contributed by atoms with E-state index in [4.69, 9.17) is 4.98 Å². The van der Waals surface area contributed by atoms with E-state index in [2.05, 4.69) is 53.5 Å². The first kappa shape index (κ1) is 16.8. The Morgan fingerprint density at radius 2 is 2.12 bits per heavy atom. The maximum Gasteiger partial charge on any atom is 0.223 e. The van der Waals surface area contributed by atoms with Gasteiger partial charge in [0.2, 0.25) is 5.95 Å². The van der Waals surface area contributed by atoms with Crippen molar-refractivity contribution in [2.45, 2.75) is 52.1 Å². The molecule has 0 radical (unpaired) electrons. The van der Waals surface area contributed by atoms with Gasteiger partial charge in [-0.25, -0.2) is 9.97 Å². The summed E-state index contributed by atoms with van der Waals surface area (Å²) in [6.45, 7) is 5.20. The maximum absolute atomic E-state index is 4.77. The van der Waals surface area contributed by atoms with E-state index in [1.54, 1.807) is 0 Å². The van der Waals surface area contributed by atoms with E-state index in [0.29, 0.717) is 5.95 Å². The van der Waals surface area contributed by atoms with Crippen LogP contribution in [0.2, 0.25) is 0 Å². The number of benzene rings is 1. The first-order valence-corrected chi connectivity index (χ1v) is 9.46. The van der Waals surface area contributed by atoms with Crippen LogP contribution in [-0.2, 0) is 13.0 Å². The molecule has 2 aromatic heterocycles. The summed E-state index contributed by atoms with van der Waals surface area (Å²) in [4.78, 5) is 9.22. The van der Waals surface area contributed by atoms with Crippen LogP contribution < -0.4 is 5.32 Å². The summed E-state index contributed by atoms with van der Waals surface area (Å²) >= 11 is 0. The molecule has 4 rings (SSSR count). The van der Waals surface area contributed by atoms with E-state index in [1.807, 2.05) is 23.1 Å². The van der Waals surface area contributed by atoms with Crippen molar-refractivity contribution in [1.29, 1.82) is 0 Å². The minimum absolute atomic E-state index is 0.277. The van der Waals surface area contributed by atoms with Gasteiger partial charge in [-0.1, -0.05) is 31.2 Å². The molecular weight excluding hydrogens is 322 g/mol. The summed E-state index contributed by atoms with van der Waals surface area (Å²) in [5, 5.41) is 8.04. The van der Waals surface area contributed by atoms with Gasteiger partial charge in [0.25, 0.3) is 0 Å². The van der Waals surface area contributed by atoms with E-state index in [1.165, 1.54) is 17.5 Å². The average Bonchev–Trinajstić information content (AvgIpc) is 3.03. The minimum atomic E-state index is 0.277. The highest BCUT2D eigenvalue weighted by Gasteiger charge is 2.20. The van der Waals surface area contributed by atoms with Crippen LogP contribution in [0.25, 0.3) is 11.3 Å². The molecular formula is C21H25N5. The molecule has 0 aliphatic heterocycles. The van der Waals surface area contributed by atoms with Crippen LogP contribution in [0.3, 0.4) is 0 Å². The zero-order chi connectivity index (χ0) is 17.9. The van der Waals surface area contributed by atoms with Crippen molar-refractivity contribution in [2.75, 3.05) is 5.32 Å². The zero-order valence-electron chi connectivity index (χ0n) is 15.4. The van der Waals surface area contributed by atoms with Gasteiger partial charge in [-0.3, -0.25) is 4.68 Å². The Morgan fingerprint density at radius 3 is 3.00 bits per heavy atom. The monoisotopic (exact) mass is 347 g/mol.